The number of rotatable bonds is 6. The molecule has 0 aliphatic carbocycles. The quantitative estimate of drug-likeness (QED) is 0.650. The lowest BCUT2D eigenvalue weighted by Gasteiger charge is -2.10. The molecule has 0 heterocycles. The minimum Gasteiger partial charge on any atom is -0.494 e. The van der Waals surface area contributed by atoms with E-state index < -0.39 is 0 Å². The van der Waals surface area contributed by atoms with Crippen molar-refractivity contribution in [1.82, 2.24) is 0 Å². The van der Waals surface area contributed by atoms with Gasteiger partial charge in [-0.1, -0.05) is 33.3 Å². The van der Waals surface area contributed by atoms with Crippen molar-refractivity contribution in [2.45, 2.75) is 40.0 Å². The highest BCUT2D eigenvalue weighted by Gasteiger charge is 2.02. The van der Waals surface area contributed by atoms with Crippen LogP contribution in [0.1, 0.15) is 44.7 Å². The predicted octanol–water partition coefficient (Wildman–Crippen LogP) is 4.25. The molecule has 0 aromatic heterocycles. The van der Waals surface area contributed by atoms with Crippen molar-refractivity contribution in [3.8, 4) is 5.75 Å². The molecule has 1 rings (SSSR count). The molecule has 0 saturated heterocycles. The molecule has 0 spiro atoms. The summed E-state index contributed by atoms with van der Waals surface area (Å²) in [5, 5.41) is 0. The van der Waals surface area contributed by atoms with Crippen LogP contribution in [0.4, 0.5) is 0 Å². The summed E-state index contributed by atoms with van der Waals surface area (Å²) in [4.78, 5) is 0. The van der Waals surface area contributed by atoms with Crippen LogP contribution in [0.15, 0.2) is 18.2 Å². The lowest BCUT2D eigenvalue weighted by atomic mass is 10.0. The summed E-state index contributed by atoms with van der Waals surface area (Å²) in [5.41, 5.74) is 2.37. The van der Waals surface area contributed by atoms with Crippen LogP contribution < -0.4 is 4.74 Å². The van der Waals surface area contributed by atoms with E-state index in [0.717, 1.165) is 30.8 Å². The Bertz CT molecular complexity index is 315. The largest absolute Gasteiger partial charge is 0.494 e. The molecule has 1 heteroatoms. The monoisotopic (exact) mass is 219 g/mol. The van der Waals surface area contributed by atoms with Crippen LogP contribution in [0.2, 0.25) is 0 Å². The molecule has 0 unspecified atom stereocenters. The van der Waals surface area contributed by atoms with E-state index in [2.05, 4.69) is 39.8 Å². The predicted molar refractivity (Wildman–Crippen MR) is 69.8 cm³/mol. The third kappa shape index (κ3) is 4.69. The van der Waals surface area contributed by atoms with E-state index in [1.807, 2.05) is 6.07 Å². The van der Waals surface area contributed by atoms with Crippen molar-refractivity contribution < 1.29 is 4.74 Å². The second kappa shape index (κ2) is 6.57. The molecule has 16 heavy (non-hydrogen) atoms. The van der Waals surface area contributed by atoms with E-state index >= 15 is 0 Å². The zero-order chi connectivity index (χ0) is 12.0. The molecule has 0 atom stereocenters. The molecule has 0 N–H and O–H groups in total. The summed E-state index contributed by atoms with van der Waals surface area (Å²) < 4.78 is 5.71. The van der Waals surface area contributed by atoms with Gasteiger partial charge in [0.15, 0.2) is 0 Å². The maximum Gasteiger partial charge on any atom is 0.119 e. The van der Waals surface area contributed by atoms with Gasteiger partial charge in [-0.15, -0.1) is 0 Å². The van der Waals surface area contributed by atoms with Crippen LogP contribution in [0.25, 0.3) is 0 Å². The Kier molecular flexibility index (Phi) is 5.37. The third-order valence-electron chi connectivity index (χ3n) is 2.44. The second-order valence-corrected chi connectivity index (χ2v) is 4.79. The normalized spacial score (nSPS) is 10.8. The van der Waals surface area contributed by atoms with Crippen molar-refractivity contribution in [2.24, 2.45) is 5.92 Å². The van der Waals surface area contributed by atoms with Crippen LogP contribution in [0.5, 0.6) is 5.75 Å². The number of benzene rings is 1. The van der Waals surface area contributed by atoms with Crippen molar-refractivity contribution in [3.63, 3.8) is 0 Å². The smallest absolute Gasteiger partial charge is 0.119 e. The molecule has 0 bridgehead atoms. The Morgan fingerprint density at radius 1 is 1.25 bits per heavy atom. The number of ether oxygens (including phenoxy) is 1. The summed E-state index contributed by atoms with van der Waals surface area (Å²) in [7, 11) is 0. The number of hydrogen-bond acceptors (Lipinski definition) is 1. The van der Waals surface area contributed by atoms with E-state index in [9.17, 15) is 0 Å². The molecule has 0 aliphatic heterocycles. The highest BCUT2D eigenvalue weighted by molar-refractivity contribution is 5.36. The van der Waals surface area contributed by atoms with E-state index in [0.29, 0.717) is 5.92 Å². The van der Waals surface area contributed by atoms with Gasteiger partial charge in [0.25, 0.3) is 0 Å². The Morgan fingerprint density at radius 2 is 2.00 bits per heavy atom. The van der Waals surface area contributed by atoms with Crippen LogP contribution in [-0.4, -0.2) is 6.61 Å². The van der Waals surface area contributed by atoms with Gasteiger partial charge in [-0.2, -0.15) is 0 Å². The molecule has 0 amide bonds. The molecule has 0 saturated carbocycles. The lowest BCUT2D eigenvalue weighted by molar-refractivity contribution is 0.309. The SMILES string of the molecule is [CH2]c1cc(CC(C)C)cc(OCCCC)c1. The zero-order valence-corrected chi connectivity index (χ0v) is 10.8. The molecular formula is C15H23O. The molecule has 1 aromatic carbocycles. The highest BCUT2D eigenvalue weighted by Crippen LogP contribution is 2.19. The summed E-state index contributed by atoms with van der Waals surface area (Å²) in [6.45, 7) is 11.4. The Morgan fingerprint density at radius 3 is 2.62 bits per heavy atom. The van der Waals surface area contributed by atoms with Crippen molar-refractivity contribution in [3.05, 3.63) is 36.2 Å². The van der Waals surface area contributed by atoms with Gasteiger partial charge < -0.3 is 4.74 Å². The molecule has 1 aromatic rings. The fourth-order valence-electron chi connectivity index (χ4n) is 1.74. The van der Waals surface area contributed by atoms with Gasteiger partial charge in [-0.05, 0) is 48.9 Å². The fourth-order valence-corrected chi connectivity index (χ4v) is 1.74. The fraction of sp³-hybridized carbons (Fsp3) is 0.533. The van der Waals surface area contributed by atoms with Gasteiger partial charge in [-0.25, -0.2) is 0 Å². The van der Waals surface area contributed by atoms with E-state index in [1.165, 1.54) is 12.0 Å². The summed E-state index contributed by atoms with van der Waals surface area (Å²) in [5.74, 6) is 1.64. The van der Waals surface area contributed by atoms with Crippen LogP contribution in [0, 0.1) is 12.8 Å². The zero-order valence-electron chi connectivity index (χ0n) is 10.8. The Balaban J connectivity index is 2.65. The Labute approximate surface area is 99.8 Å². The first-order valence-corrected chi connectivity index (χ1v) is 6.20. The average molecular weight is 219 g/mol. The van der Waals surface area contributed by atoms with Gasteiger partial charge in [0, 0.05) is 0 Å². The maximum absolute atomic E-state index is 5.71. The molecule has 1 radical (unpaired) electrons. The van der Waals surface area contributed by atoms with E-state index in [1.54, 1.807) is 0 Å². The van der Waals surface area contributed by atoms with Crippen molar-refractivity contribution in [1.29, 1.82) is 0 Å². The second-order valence-electron chi connectivity index (χ2n) is 4.79. The van der Waals surface area contributed by atoms with Gasteiger partial charge in [0.2, 0.25) is 0 Å². The van der Waals surface area contributed by atoms with Gasteiger partial charge in [-0.3, -0.25) is 0 Å². The maximum atomic E-state index is 5.71. The molecule has 0 aliphatic rings. The minimum absolute atomic E-state index is 0.672. The number of unbranched alkanes of at least 4 members (excludes halogenated alkanes) is 1. The topological polar surface area (TPSA) is 9.23 Å². The molecular weight excluding hydrogens is 196 g/mol. The number of hydrogen-bond donors (Lipinski definition) is 0. The lowest BCUT2D eigenvalue weighted by Crippen LogP contribution is -1.99. The molecule has 0 fully saturated rings. The first-order valence-electron chi connectivity index (χ1n) is 6.20. The van der Waals surface area contributed by atoms with E-state index in [4.69, 9.17) is 4.74 Å². The van der Waals surface area contributed by atoms with Gasteiger partial charge in [0.1, 0.15) is 5.75 Å². The van der Waals surface area contributed by atoms with E-state index in [-0.39, 0.29) is 0 Å². The van der Waals surface area contributed by atoms with Crippen LogP contribution >= 0.6 is 0 Å². The molecule has 89 valence electrons. The van der Waals surface area contributed by atoms with Crippen molar-refractivity contribution in [2.75, 3.05) is 6.61 Å². The molecule has 1 nitrogen and oxygen atoms in total. The van der Waals surface area contributed by atoms with Crippen LogP contribution in [0.3, 0.4) is 0 Å². The standard InChI is InChI=1S/C15H23O/c1-5-6-7-16-15-10-13(4)9-14(11-15)8-12(2)3/h9-12H,4-8H2,1-3H3. The van der Waals surface area contributed by atoms with Crippen LogP contribution in [-0.2, 0) is 6.42 Å². The third-order valence-corrected chi connectivity index (χ3v) is 2.44. The van der Waals surface area contributed by atoms with Gasteiger partial charge >= 0.3 is 0 Å². The Hall–Kier alpha value is -0.980. The minimum atomic E-state index is 0.672. The van der Waals surface area contributed by atoms with Gasteiger partial charge in [0.05, 0.1) is 6.61 Å². The average Bonchev–Trinajstić information content (AvgIpc) is 2.16. The van der Waals surface area contributed by atoms with Crippen molar-refractivity contribution >= 4 is 0 Å². The summed E-state index contributed by atoms with van der Waals surface area (Å²) in [6.07, 6.45) is 3.37. The first kappa shape index (κ1) is 13.1. The highest BCUT2D eigenvalue weighted by atomic mass is 16.5. The first-order chi connectivity index (χ1) is 7.61. The summed E-state index contributed by atoms with van der Waals surface area (Å²) >= 11 is 0. The summed E-state index contributed by atoms with van der Waals surface area (Å²) in [6, 6.07) is 6.30.